The van der Waals surface area contributed by atoms with Crippen molar-refractivity contribution in [1.29, 1.82) is 0 Å². The summed E-state index contributed by atoms with van der Waals surface area (Å²) in [6, 6.07) is 15.8. The zero-order chi connectivity index (χ0) is 43.9. The van der Waals surface area contributed by atoms with Gasteiger partial charge < -0.3 is 19.9 Å². The molecular formula is C48H54Br2N4O4S4. The molecule has 5 aromatic rings. The summed E-state index contributed by atoms with van der Waals surface area (Å²) >= 11 is 13.5. The van der Waals surface area contributed by atoms with Crippen LogP contribution in [-0.2, 0) is 9.59 Å². The minimum absolute atomic E-state index is 0.00130. The number of thiophene rings is 4. The molecule has 0 radical (unpaired) electrons. The molecule has 0 fully saturated rings. The Morgan fingerprint density at radius 2 is 1.08 bits per heavy atom. The number of aromatic hydroxyl groups is 1. The van der Waals surface area contributed by atoms with Crippen LogP contribution >= 0.6 is 77.2 Å². The Balaban J connectivity index is 0.000000238. The largest absolute Gasteiger partial charge is 0.494 e. The molecule has 0 bridgehead atoms. The molecule has 0 saturated carbocycles. The number of aromatic nitrogens is 1. The monoisotopic (exact) mass is 1040 g/mol. The normalized spacial score (nSPS) is 14.9. The van der Waals surface area contributed by atoms with Crippen LogP contribution in [0, 0.1) is 11.8 Å². The van der Waals surface area contributed by atoms with E-state index in [-0.39, 0.29) is 23.6 Å². The molecule has 14 heteroatoms. The zero-order valence-corrected chi connectivity index (χ0v) is 42.2. The summed E-state index contributed by atoms with van der Waals surface area (Å²) < 4.78 is 2.01. The van der Waals surface area contributed by atoms with Crippen molar-refractivity contribution in [2.24, 2.45) is 16.8 Å². The molecular weight excluding hydrogens is 985 g/mol. The maximum absolute atomic E-state index is 14.6. The van der Waals surface area contributed by atoms with Crippen LogP contribution in [0.1, 0.15) is 135 Å². The van der Waals surface area contributed by atoms with Crippen LogP contribution in [0.4, 0.5) is 0 Å². The van der Waals surface area contributed by atoms with Crippen LogP contribution in [0.2, 0.25) is 0 Å². The predicted molar refractivity (Wildman–Crippen MR) is 266 cm³/mol. The molecule has 8 heterocycles. The summed E-state index contributed by atoms with van der Waals surface area (Å²) in [4.78, 5) is 56.1. The number of amides is 3. The van der Waals surface area contributed by atoms with Gasteiger partial charge in [0.15, 0.2) is 5.88 Å². The first kappa shape index (κ1) is 46.6. The molecule has 5 aromatic heterocycles. The van der Waals surface area contributed by atoms with Gasteiger partial charge in [-0.3, -0.25) is 14.4 Å². The number of aliphatic imine (C=N–C) groups is 1. The number of rotatable bonds is 20. The lowest BCUT2D eigenvalue weighted by atomic mass is 9.95. The number of carbonyl (C=O) groups excluding carboxylic acids is 3. The van der Waals surface area contributed by atoms with Gasteiger partial charge in [0, 0.05) is 13.1 Å². The van der Waals surface area contributed by atoms with Crippen molar-refractivity contribution < 1.29 is 19.5 Å². The van der Waals surface area contributed by atoms with Gasteiger partial charge in [-0.15, -0.1) is 45.3 Å². The molecule has 0 atom stereocenters. The van der Waals surface area contributed by atoms with Crippen LogP contribution in [0.25, 0.3) is 22.0 Å². The van der Waals surface area contributed by atoms with Crippen LogP contribution in [0.5, 0.6) is 5.88 Å². The maximum Gasteiger partial charge on any atom is 0.280 e. The van der Waals surface area contributed by atoms with Crippen molar-refractivity contribution in [2.45, 2.75) is 105 Å². The molecule has 0 saturated heterocycles. The Labute approximate surface area is 398 Å². The quantitative estimate of drug-likeness (QED) is 0.0810. The molecule has 0 aromatic carbocycles. The first-order chi connectivity index (χ1) is 30.1. The Bertz CT molecular complexity index is 2340. The molecule has 3 aliphatic heterocycles. The highest BCUT2D eigenvalue weighted by Gasteiger charge is 2.50. The van der Waals surface area contributed by atoms with Gasteiger partial charge in [-0.05, 0) is 117 Å². The molecule has 2 N–H and O–H groups in total. The van der Waals surface area contributed by atoms with Crippen LogP contribution in [-0.4, -0.2) is 56.4 Å². The highest BCUT2D eigenvalue weighted by Crippen LogP contribution is 2.50. The number of unbranched alkanes of at least 4 members (excludes halogenated alkanes) is 4. The molecule has 0 aliphatic carbocycles. The second-order valence-electron chi connectivity index (χ2n) is 16.1. The highest BCUT2D eigenvalue weighted by atomic mass is 79.9. The molecule has 328 valence electrons. The Kier molecular flexibility index (Phi) is 16.2. The number of carbonyl (C=O) groups is 3. The summed E-state index contributed by atoms with van der Waals surface area (Å²) in [6.07, 6.45) is 13.7. The van der Waals surface area contributed by atoms with Gasteiger partial charge in [0.2, 0.25) is 0 Å². The molecule has 3 aliphatic rings. The number of nitrogens with one attached hydrogen (secondary N) is 1. The predicted octanol–water partition coefficient (Wildman–Crippen LogP) is 14.6. The summed E-state index contributed by atoms with van der Waals surface area (Å²) in [5.74, 6) is 0.536. The van der Waals surface area contributed by atoms with E-state index in [1.165, 1.54) is 22.7 Å². The van der Waals surface area contributed by atoms with E-state index < -0.39 is 0 Å². The minimum atomic E-state index is -0.302. The van der Waals surface area contributed by atoms with Gasteiger partial charge >= 0.3 is 0 Å². The van der Waals surface area contributed by atoms with Gasteiger partial charge in [0.05, 0.1) is 72.2 Å². The topological polar surface area (TPSA) is 106 Å². The van der Waals surface area contributed by atoms with Gasteiger partial charge in [0.1, 0.15) is 0 Å². The lowest BCUT2D eigenvalue weighted by Gasteiger charge is -2.29. The fraction of sp³-hybridized carbons (Fsp3) is 0.417. The molecule has 0 unspecified atom stereocenters. The van der Waals surface area contributed by atoms with Gasteiger partial charge in [-0.2, -0.15) is 0 Å². The van der Waals surface area contributed by atoms with E-state index in [9.17, 15) is 19.5 Å². The second kappa shape index (κ2) is 21.5. The molecule has 62 heavy (non-hydrogen) atoms. The third kappa shape index (κ3) is 9.95. The van der Waals surface area contributed by atoms with Crippen molar-refractivity contribution in [3.8, 4) is 16.5 Å². The third-order valence-electron chi connectivity index (χ3n) is 11.7. The van der Waals surface area contributed by atoms with E-state index in [2.05, 4.69) is 81.7 Å². The standard InChI is InChI=1S/C34H46Br2N2O2S2.C14H8N2O2S2/c1-5-9-13-23(14-10-6-2)21-37-31(25-17-19-27(35)41-25)29-30(33(37)39)32(26-18-20-28(36)42-26)38(34(29)40)22-24(15-11-7-3)16-12-8-4;17-13-9-10(12(16-13)8-4-2-6-20-8)14(18)15-11(9)7-3-1-5-19-7/h17-20,23-24H,5-16,21-22H2,1-4H3;1-6,15,18H. The number of fused-ring (bicyclic) bond motifs is 2. The second-order valence-corrected chi connectivity index (χ2v) is 22.9. The average Bonchev–Trinajstić information content (AvgIpc) is 4.13. The molecule has 3 amide bonds. The number of H-pyrrole nitrogens is 1. The number of hydrogen-bond acceptors (Lipinski definition) is 8. The van der Waals surface area contributed by atoms with E-state index in [0.29, 0.717) is 58.6 Å². The lowest BCUT2D eigenvalue weighted by molar-refractivity contribution is -0.124. The minimum Gasteiger partial charge on any atom is -0.494 e. The van der Waals surface area contributed by atoms with Crippen molar-refractivity contribution in [3.05, 3.63) is 104 Å². The highest BCUT2D eigenvalue weighted by molar-refractivity contribution is 9.11. The summed E-state index contributed by atoms with van der Waals surface area (Å²) in [7, 11) is 0. The van der Waals surface area contributed by atoms with Crippen molar-refractivity contribution in [1.82, 2.24) is 14.8 Å². The number of nitrogens with zero attached hydrogens (tertiary/aromatic N) is 3. The van der Waals surface area contributed by atoms with Gasteiger partial charge in [-0.1, -0.05) is 91.2 Å². The summed E-state index contributed by atoms with van der Waals surface area (Å²) in [6.45, 7) is 10.3. The van der Waals surface area contributed by atoms with E-state index in [1.54, 1.807) is 22.7 Å². The smallest absolute Gasteiger partial charge is 0.280 e. The van der Waals surface area contributed by atoms with Crippen molar-refractivity contribution in [2.75, 3.05) is 13.1 Å². The first-order valence-corrected chi connectivity index (χ1v) is 26.9. The van der Waals surface area contributed by atoms with Crippen molar-refractivity contribution >= 4 is 112 Å². The van der Waals surface area contributed by atoms with E-state index in [0.717, 1.165) is 116 Å². The molecule has 0 spiro atoms. The SMILES string of the molecule is CCCCC(CCCC)CN1C(=O)C2=C(c3ccc(Br)s3)N(CC(CCCC)CCCC)C(=O)C2=C1c1ccc(Br)s1.O=C1N=C(c2cccs2)c2c(O)[nH]c(-c3cccs3)c21. The molecule has 8 rings (SSSR count). The maximum atomic E-state index is 14.6. The Hall–Kier alpha value is -3.40. The van der Waals surface area contributed by atoms with Crippen LogP contribution < -0.4 is 0 Å². The van der Waals surface area contributed by atoms with Gasteiger partial charge in [0.25, 0.3) is 17.7 Å². The number of hydrogen-bond donors (Lipinski definition) is 2. The average molecular weight is 1040 g/mol. The van der Waals surface area contributed by atoms with E-state index >= 15 is 0 Å². The number of halogens is 2. The zero-order valence-electron chi connectivity index (χ0n) is 35.7. The fourth-order valence-corrected chi connectivity index (χ4v) is 13.0. The van der Waals surface area contributed by atoms with Crippen LogP contribution in [0.3, 0.4) is 0 Å². The number of aromatic amines is 1. The lowest BCUT2D eigenvalue weighted by Crippen LogP contribution is -2.34. The van der Waals surface area contributed by atoms with Crippen molar-refractivity contribution in [3.63, 3.8) is 0 Å². The summed E-state index contributed by atoms with van der Waals surface area (Å²) in [5, 5.41) is 14.0. The fourth-order valence-electron chi connectivity index (χ4n) is 8.62. The van der Waals surface area contributed by atoms with E-state index in [1.807, 2.05) is 57.0 Å². The van der Waals surface area contributed by atoms with E-state index in [4.69, 9.17) is 0 Å². The first-order valence-electron chi connectivity index (χ1n) is 21.9. The molecule has 8 nitrogen and oxygen atoms in total. The van der Waals surface area contributed by atoms with Gasteiger partial charge in [-0.25, -0.2) is 4.99 Å². The summed E-state index contributed by atoms with van der Waals surface area (Å²) in [5.41, 5.74) is 5.05. The van der Waals surface area contributed by atoms with Crippen LogP contribution in [0.15, 0.2) is 83.0 Å². The third-order valence-corrected chi connectivity index (χ3v) is 16.7. The Morgan fingerprint density at radius 1 is 0.629 bits per heavy atom. The Morgan fingerprint density at radius 3 is 1.47 bits per heavy atom.